The van der Waals surface area contributed by atoms with Crippen molar-refractivity contribution in [2.75, 3.05) is 45.2 Å². The van der Waals surface area contributed by atoms with Crippen LogP contribution >= 0.6 is 0 Å². The number of amides is 2. The second-order valence-corrected chi connectivity index (χ2v) is 7.75. The first-order valence-electron chi connectivity index (χ1n) is 9.91. The molecule has 0 aromatic heterocycles. The molecule has 5 nitrogen and oxygen atoms in total. The molecule has 3 rings (SSSR count). The second-order valence-electron chi connectivity index (χ2n) is 7.75. The highest BCUT2D eigenvalue weighted by atomic mass is 16.2. The van der Waals surface area contributed by atoms with Crippen LogP contribution in [0.3, 0.4) is 0 Å². The summed E-state index contributed by atoms with van der Waals surface area (Å²) in [6.45, 7) is 3.18. The van der Waals surface area contributed by atoms with Gasteiger partial charge in [-0.05, 0) is 43.9 Å². The molecule has 142 valence electrons. The van der Waals surface area contributed by atoms with E-state index in [0.717, 1.165) is 50.0 Å². The summed E-state index contributed by atoms with van der Waals surface area (Å²) in [7, 11) is 3.95. The molecule has 5 heteroatoms. The fourth-order valence-electron chi connectivity index (χ4n) is 3.98. The number of carbonyl (C=O) groups is 2. The third-order valence-corrected chi connectivity index (χ3v) is 5.66. The lowest BCUT2D eigenvalue weighted by atomic mass is 9.94. The maximum absolute atomic E-state index is 12.8. The Kier molecular flexibility index (Phi) is 6.17. The molecule has 2 heterocycles. The number of anilines is 1. The summed E-state index contributed by atoms with van der Waals surface area (Å²) in [5, 5.41) is 0. The van der Waals surface area contributed by atoms with Crippen LogP contribution in [0.4, 0.5) is 5.69 Å². The van der Waals surface area contributed by atoms with Gasteiger partial charge in [0.25, 0.3) is 5.91 Å². The van der Waals surface area contributed by atoms with Gasteiger partial charge >= 0.3 is 0 Å². The summed E-state index contributed by atoms with van der Waals surface area (Å²) < 4.78 is 0. The molecule has 2 saturated heterocycles. The van der Waals surface area contributed by atoms with Gasteiger partial charge in [-0.3, -0.25) is 9.59 Å². The van der Waals surface area contributed by atoms with Crippen molar-refractivity contribution in [2.45, 2.75) is 38.5 Å². The summed E-state index contributed by atoms with van der Waals surface area (Å²) in [6.07, 6.45) is 6.31. The summed E-state index contributed by atoms with van der Waals surface area (Å²) in [4.78, 5) is 31.6. The van der Waals surface area contributed by atoms with E-state index in [4.69, 9.17) is 0 Å². The molecule has 2 aliphatic rings. The van der Waals surface area contributed by atoms with E-state index in [-0.39, 0.29) is 11.8 Å². The number of rotatable bonds is 3. The van der Waals surface area contributed by atoms with Crippen LogP contribution in [-0.4, -0.2) is 61.9 Å². The highest BCUT2D eigenvalue weighted by molar-refractivity contribution is 5.95. The van der Waals surface area contributed by atoms with Crippen molar-refractivity contribution >= 4 is 17.5 Å². The number of likely N-dealkylation sites (tertiary alicyclic amines) is 2. The van der Waals surface area contributed by atoms with Crippen molar-refractivity contribution in [3.05, 3.63) is 29.8 Å². The molecule has 2 amide bonds. The minimum Gasteiger partial charge on any atom is -0.378 e. The first-order chi connectivity index (χ1) is 12.6. The Bertz CT molecular complexity index is 628. The number of nitrogens with zero attached hydrogens (tertiary/aromatic N) is 3. The lowest BCUT2D eigenvalue weighted by molar-refractivity contribution is -0.136. The van der Waals surface area contributed by atoms with E-state index in [1.54, 1.807) is 0 Å². The predicted molar refractivity (Wildman–Crippen MR) is 104 cm³/mol. The van der Waals surface area contributed by atoms with Crippen molar-refractivity contribution in [1.29, 1.82) is 0 Å². The van der Waals surface area contributed by atoms with E-state index in [1.807, 2.05) is 48.2 Å². The predicted octanol–water partition coefficient (Wildman–Crippen LogP) is 3.01. The van der Waals surface area contributed by atoms with Crippen LogP contribution in [0.15, 0.2) is 24.3 Å². The van der Waals surface area contributed by atoms with Crippen LogP contribution in [0.2, 0.25) is 0 Å². The number of benzene rings is 1. The normalized spacial score (nSPS) is 19.2. The maximum atomic E-state index is 12.8. The smallest absolute Gasteiger partial charge is 0.253 e. The molecular weight excluding hydrogens is 326 g/mol. The van der Waals surface area contributed by atoms with Crippen molar-refractivity contribution in [2.24, 2.45) is 5.92 Å². The van der Waals surface area contributed by atoms with Gasteiger partial charge in [0.2, 0.25) is 5.91 Å². The molecule has 0 N–H and O–H groups in total. The quantitative estimate of drug-likeness (QED) is 0.835. The first kappa shape index (κ1) is 18.7. The van der Waals surface area contributed by atoms with Gasteiger partial charge < -0.3 is 14.7 Å². The molecular formula is C21H31N3O2. The molecule has 2 fully saturated rings. The van der Waals surface area contributed by atoms with Gasteiger partial charge in [-0.15, -0.1) is 0 Å². The molecule has 0 aliphatic carbocycles. The highest BCUT2D eigenvalue weighted by Gasteiger charge is 2.30. The van der Waals surface area contributed by atoms with Crippen LogP contribution in [0.25, 0.3) is 0 Å². The van der Waals surface area contributed by atoms with Crippen molar-refractivity contribution in [3.8, 4) is 0 Å². The minimum atomic E-state index is 0.0781. The van der Waals surface area contributed by atoms with Crippen LogP contribution in [0.5, 0.6) is 0 Å². The third kappa shape index (κ3) is 4.37. The molecule has 0 saturated carbocycles. The summed E-state index contributed by atoms with van der Waals surface area (Å²) in [6, 6.07) is 7.75. The van der Waals surface area contributed by atoms with Gasteiger partial charge in [-0.1, -0.05) is 18.9 Å². The molecule has 1 aromatic rings. The van der Waals surface area contributed by atoms with Gasteiger partial charge in [0.05, 0.1) is 0 Å². The van der Waals surface area contributed by atoms with Crippen molar-refractivity contribution < 1.29 is 9.59 Å². The van der Waals surface area contributed by atoms with E-state index in [0.29, 0.717) is 19.0 Å². The van der Waals surface area contributed by atoms with Crippen LogP contribution in [0.1, 0.15) is 48.9 Å². The fraction of sp³-hybridized carbons (Fsp3) is 0.619. The molecule has 0 atom stereocenters. The van der Waals surface area contributed by atoms with E-state index < -0.39 is 0 Å². The van der Waals surface area contributed by atoms with Gasteiger partial charge in [0.1, 0.15) is 0 Å². The summed E-state index contributed by atoms with van der Waals surface area (Å²) in [5.74, 6) is 0.480. The molecule has 0 spiro atoms. The zero-order chi connectivity index (χ0) is 18.5. The minimum absolute atomic E-state index is 0.0781. The largest absolute Gasteiger partial charge is 0.378 e. The number of carbonyl (C=O) groups excluding carboxylic acids is 2. The van der Waals surface area contributed by atoms with Gasteiger partial charge in [-0.25, -0.2) is 0 Å². The Hall–Kier alpha value is -2.04. The van der Waals surface area contributed by atoms with Gasteiger partial charge in [-0.2, -0.15) is 0 Å². The van der Waals surface area contributed by atoms with E-state index in [2.05, 4.69) is 4.90 Å². The lowest BCUT2D eigenvalue weighted by Crippen LogP contribution is -2.44. The lowest BCUT2D eigenvalue weighted by Gasteiger charge is -2.34. The van der Waals surface area contributed by atoms with E-state index in [1.165, 1.54) is 12.8 Å². The zero-order valence-corrected chi connectivity index (χ0v) is 16.1. The molecule has 2 aliphatic heterocycles. The second kappa shape index (κ2) is 8.56. The van der Waals surface area contributed by atoms with Crippen molar-refractivity contribution in [3.63, 3.8) is 0 Å². The highest BCUT2D eigenvalue weighted by Crippen LogP contribution is 2.23. The zero-order valence-electron chi connectivity index (χ0n) is 16.1. The number of piperidine rings is 1. The Balaban J connectivity index is 1.57. The van der Waals surface area contributed by atoms with E-state index in [9.17, 15) is 9.59 Å². The van der Waals surface area contributed by atoms with Crippen LogP contribution < -0.4 is 4.90 Å². The Labute approximate surface area is 156 Å². The third-order valence-electron chi connectivity index (χ3n) is 5.66. The molecule has 1 aromatic carbocycles. The van der Waals surface area contributed by atoms with Crippen molar-refractivity contribution in [1.82, 2.24) is 9.80 Å². The monoisotopic (exact) mass is 357 g/mol. The Morgan fingerprint density at radius 3 is 2.19 bits per heavy atom. The topological polar surface area (TPSA) is 43.9 Å². The molecule has 0 unspecified atom stereocenters. The van der Waals surface area contributed by atoms with Gasteiger partial charge in [0.15, 0.2) is 0 Å². The Morgan fingerprint density at radius 1 is 0.923 bits per heavy atom. The van der Waals surface area contributed by atoms with Crippen LogP contribution in [0, 0.1) is 5.92 Å². The SMILES string of the molecule is CN(C)c1cccc(C(=O)N2CCC(C(=O)N3CCCCCC3)CC2)c1. The molecule has 0 bridgehead atoms. The fourth-order valence-corrected chi connectivity index (χ4v) is 3.98. The number of hydrogen-bond donors (Lipinski definition) is 0. The summed E-state index contributed by atoms with van der Waals surface area (Å²) >= 11 is 0. The standard InChI is InChI=1S/C21H31N3O2/c1-22(2)19-9-7-8-18(16-19)21(26)24-14-10-17(11-15-24)20(25)23-12-5-3-4-6-13-23/h7-9,16-17H,3-6,10-15H2,1-2H3. The molecule has 26 heavy (non-hydrogen) atoms. The van der Waals surface area contributed by atoms with Crippen LogP contribution in [-0.2, 0) is 4.79 Å². The maximum Gasteiger partial charge on any atom is 0.253 e. The average Bonchev–Trinajstić information content (AvgIpc) is 2.96. The average molecular weight is 357 g/mol. The Morgan fingerprint density at radius 2 is 1.58 bits per heavy atom. The number of hydrogen-bond acceptors (Lipinski definition) is 3. The van der Waals surface area contributed by atoms with E-state index >= 15 is 0 Å². The van der Waals surface area contributed by atoms with Gasteiger partial charge in [0, 0.05) is 57.4 Å². The summed E-state index contributed by atoms with van der Waals surface area (Å²) in [5.41, 5.74) is 1.76. The molecule has 0 radical (unpaired) electrons. The first-order valence-corrected chi connectivity index (χ1v) is 9.91.